The van der Waals surface area contributed by atoms with Crippen LogP contribution in [0.4, 0.5) is 5.82 Å². The van der Waals surface area contributed by atoms with E-state index < -0.39 is 12.0 Å². The van der Waals surface area contributed by atoms with Crippen molar-refractivity contribution in [3.05, 3.63) is 31.2 Å². The first kappa shape index (κ1) is 10.2. The number of nitrogens with one attached hydrogen (secondary N) is 1. The van der Waals surface area contributed by atoms with Gasteiger partial charge in [0.25, 0.3) is 0 Å². The van der Waals surface area contributed by atoms with Crippen molar-refractivity contribution < 1.29 is 9.90 Å². The number of hydrogen-bond donors (Lipinski definition) is 2. The second-order valence-corrected chi connectivity index (χ2v) is 2.65. The van der Waals surface area contributed by atoms with Crippen molar-refractivity contribution in [3.8, 4) is 0 Å². The maximum absolute atomic E-state index is 10.7. The topological polar surface area (TPSA) is 75.1 Å². The molecule has 0 aliphatic rings. The standard InChI is InChI=1S/C9H11N3O2/c1-2-3-7(9(13)14)12-8-6-10-4-5-11-8/h2,4-7H,1,3H2,(H,11,12)(H,13,14). The van der Waals surface area contributed by atoms with Crippen LogP contribution in [-0.4, -0.2) is 27.1 Å². The van der Waals surface area contributed by atoms with Crippen LogP contribution in [-0.2, 0) is 4.79 Å². The van der Waals surface area contributed by atoms with Crippen molar-refractivity contribution in [2.45, 2.75) is 12.5 Å². The van der Waals surface area contributed by atoms with Crippen LogP contribution in [0.2, 0.25) is 0 Å². The van der Waals surface area contributed by atoms with E-state index in [0.717, 1.165) is 0 Å². The van der Waals surface area contributed by atoms with Crippen LogP contribution in [0.5, 0.6) is 0 Å². The van der Waals surface area contributed by atoms with Gasteiger partial charge in [-0.05, 0) is 6.42 Å². The summed E-state index contributed by atoms with van der Waals surface area (Å²) in [5, 5.41) is 11.5. The maximum Gasteiger partial charge on any atom is 0.326 e. The molecule has 1 heterocycles. The van der Waals surface area contributed by atoms with Gasteiger partial charge in [-0.25, -0.2) is 9.78 Å². The minimum atomic E-state index is -0.935. The molecule has 0 radical (unpaired) electrons. The quantitative estimate of drug-likeness (QED) is 0.680. The molecular weight excluding hydrogens is 182 g/mol. The van der Waals surface area contributed by atoms with Crippen molar-refractivity contribution >= 4 is 11.8 Å². The summed E-state index contributed by atoms with van der Waals surface area (Å²) >= 11 is 0. The molecule has 1 aromatic rings. The number of aromatic nitrogens is 2. The fourth-order valence-electron chi connectivity index (χ4n) is 0.940. The SMILES string of the molecule is C=CCC(Nc1cnccn1)C(=O)O. The van der Waals surface area contributed by atoms with E-state index in [2.05, 4.69) is 21.9 Å². The molecule has 0 bridgehead atoms. The van der Waals surface area contributed by atoms with Crippen molar-refractivity contribution in [2.24, 2.45) is 0 Å². The Bertz CT molecular complexity index is 313. The summed E-state index contributed by atoms with van der Waals surface area (Å²) in [6, 6.07) is -0.704. The van der Waals surface area contributed by atoms with Crippen LogP contribution < -0.4 is 5.32 Å². The van der Waals surface area contributed by atoms with Crippen molar-refractivity contribution in [2.75, 3.05) is 5.32 Å². The normalized spacial score (nSPS) is 11.7. The molecule has 0 fully saturated rings. The van der Waals surface area contributed by atoms with Gasteiger partial charge >= 0.3 is 5.97 Å². The summed E-state index contributed by atoms with van der Waals surface area (Å²) in [7, 11) is 0. The zero-order valence-corrected chi connectivity index (χ0v) is 7.55. The number of carboxylic acid groups (broad SMARTS) is 1. The first-order valence-corrected chi connectivity index (χ1v) is 4.10. The smallest absolute Gasteiger partial charge is 0.326 e. The molecule has 0 saturated carbocycles. The highest BCUT2D eigenvalue weighted by Gasteiger charge is 2.15. The average molecular weight is 193 g/mol. The van der Waals surface area contributed by atoms with E-state index in [1.165, 1.54) is 18.6 Å². The fraction of sp³-hybridized carbons (Fsp3) is 0.222. The predicted molar refractivity (Wildman–Crippen MR) is 51.9 cm³/mol. The number of aliphatic carboxylic acids is 1. The molecule has 1 rings (SSSR count). The molecule has 74 valence electrons. The molecule has 0 aliphatic carbocycles. The Kier molecular flexibility index (Phi) is 3.60. The van der Waals surface area contributed by atoms with Crippen molar-refractivity contribution in [1.82, 2.24) is 9.97 Å². The Morgan fingerprint density at radius 1 is 1.71 bits per heavy atom. The lowest BCUT2D eigenvalue weighted by Gasteiger charge is -2.11. The third-order valence-electron chi connectivity index (χ3n) is 1.59. The molecule has 5 heteroatoms. The monoisotopic (exact) mass is 193 g/mol. The predicted octanol–water partition coefficient (Wildman–Crippen LogP) is 0.918. The molecule has 1 unspecified atom stereocenters. The molecule has 0 aromatic carbocycles. The third-order valence-corrected chi connectivity index (χ3v) is 1.59. The van der Waals surface area contributed by atoms with Crippen LogP contribution in [0, 0.1) is 0 Å². The summed E-state index contributed by atoms with van der Waals surface area (Å²) < 4.78 is 0. The third kappa shape index (κ3) is 2.85. The zero-order chi connectivity index (χ0) is 10.4. The van der Waals surface area contributed by atoms with Gasteiger partial charge in [-0.3, -0.25) is 4.98 Å². The molecule has 0 aliphatic heterocycles. The molecule has 5 nitrogen and oxygen atoms in total. The average Bonchev–Trinajstić information content (AvgIpc) is 2.18. The van der Waals surface area contributed by atoms with Gasteiger partial charge < -0.3 is 10.4 Å². The highest BCUT2D eigenvalue weighted by molar-refractivity contribution is 5.76. The van der Waals surface area contributed by atoms with E-state index in [1.54, 1.807) is 6.08 Å². The zero-order valence-electron chi connectivity index (χ0n) is 7.55. The van der Waals surface area contributed by atoms with E-state index in [0.29, 0.717) is 12.2 Å². The van der Waals surface area contributed by atoms with Gasteiger partial charge in [0, 0.05) is 12.4 Å². The van der Waals surface area contributed by atoms with Gasteiger partial charge in [0.15, 0.2) is 0 Å². The van der Waals surface area contributed by atoms with Gasteiger partial charge in [-0.15, -0.1) is 6.58 Å². The Morgan fingerprint density at radius 3 is 3.00 bits per heavy atom. The lowest BCUT2D eigenvalue weighted by molar-refractivity contribution is -0.137. The minimum absolute atomic E-state index is 0.339. The molecule has 14 heavy (non-hydrogen) atoms. The second-order valence-electron chi connectivity index (χ2n) is 2.65. The van der Waals surface area contributed by atoms with E-state index in [-0.39, 0.29) is 0 Å². The van der Waals surface area contributed by atoms with Crippen molar-refractivity contribution in [3.63, 3.8) is 0 Å². The molecule has 0 spiro atoms. The van der Waals surface area contributed by atoms with Crippen LogP contribution in [0.15, 0.2) is 31.2 Å². The van der Waals surface area contributed by atoms with Gasteiger partial charge in [0.05, 0.1) is 6.20 Å². The second kappa shape index (κ2) is 4.96. The van der Waals surface area contributed by atoms with Crippen LogP contribution in [0.1, 0.15) is 6.42 Å². The fourth-order valence-corrected chi connectivity index (χ4v) is 0.940. The van der Waals surface area contributed by atoms with Crippen LogP contribution >= 0.6 is 0 Å². The summed E-state index contributed by atoms with van der Waals surface area (Å²) in [6.07, 6.45) is 6.37. The number of nitrogens with zero attached hydrogens (tertiary/aromatic N) is 2. The minimum Gasteiger partial charge on any atom is -0.480 e. The summed E-state index contributed by atoms with van der Waals surface area (Å²) in [5.41, 5.74) is 0. The molecular formula is C9H11N3O2. The van der Waals surface area contributed by atoms with E-state index in [4.69, 9.17) is 5.11 Å². The van der Waals surface area contributed by atoms with Gasteiger partial charge in [-0.1, -0.05) is 6.08 Å². The summed E-state index contributed by atoms with van der Waals surface area (Å²) in [6.45, 7) is 3.49. The van der Waals surface area contributed by atoms with Crippen LogP contribution in [0.3, 0.4) is 0 Å². The molecule has 2 N–H and O–H groups in total. The van der Waals surface area contributed by atoms with E-state index in [9.17, 15) is 4.79 Å². The maximum atomic E-state index is 10.7. The highest BCUT2D eigenvalue weighted by Crippen LogP contribution is 2.04. The van der Waals surface area contributed by atoms with Crippen LogP contribution in [0.25, 0.3) is 0 Å². The molecule has 1 atom stereocenters. The lowest BCUT2D eigenvalue weighted by atomic mass is 10.2. The van der Waals surface area contributed by atoms with E-state index >= 15 is 0 Å². The Labute approximate surface area is 81.5 Å². The highest BCUT2D eigenvalue weighted by atomic mass is 16.4. The molecule has 0 amide bonds. The number of hydrogen-bond acceptors (Lipinski definition) is 4. The van der Waals surface area contributed by atoms with E-state index in [1.807, 2.05) is 0 Å². The van der Waals surface area contributed by atoms with Crippen molar-refractivity contribution in [1.29, 1.82) is 0 Å². The molecule has 0 saturated heterocycles. The molecule has 1 aromatic heterocycles. The Hall–Kier alpha value is -1.91. The Morgan fingerprint density at radius 2 is 2.50 bits per heavy atom. The van der Waals surface area contributed by atoms with Gasteiger partial charge in [-0.2, -0.15) is 0 Å². The summed E-state index contributed by atoms with van der Waals surface area (Å²) in [4.78, 5) is 18.5. The number of rotatable bonds is 5. The number of carbonyl (C=O) groups is 1. The number of anilines is 1. The Balaban J connectivity index is 2.64. The summed E-state index contributed by atoms with van der Waals surface area (Å²) in [5.74, 6) is -0.489. The largest absolute Gasteiger partial charge is 0.480 e. The van der Waals surface area contributed by atoms with Gasteiger partial charge in [0.1, 0.15) is 11.9 Å². The lowest BCUT2D eigenvalue weighted by Crippen LogP contribution is -2.28. The first-order chi connectivity index (χ1) is 6.74. The first-order valence-electron chi connectivity index (χ1n) is 4.10. The number of carboxylic acids is 1. The van der Waals surface area contributed by atoms with Gasteiger partial charge in [0.2, 0.25) is 0 Å².